The number of nitro benzene ring substituents is 1. The summed E-state index contributed by atoms with van der Waals surface area (Å²) >= 11 is 10.7. The quantitative estimate of drug-likeness (QED) is 0.501. The first-order valence-electron chi connectivity index (χ1n) is 6.36. The van der Waals surface area contributed by atoms with Crippen LogP contribution in [-0.2, 0) is 0 Å². The molecule has 0 bridgehead atoms. The molecule has 0 aliphatic rings. The molecule has 0 saturated carbocycles. The highest BCUT2D eigenvalue weighted by Crippen LogP contribution is 2.21. The number of hydrogen-bond acceptors (Lipinski definition) is 5. The van der Waals surface area contributed by atoms with Gasteiger partial charge in [0.15, 0.2) is 5.11 Å². The zero-order valence-corrected chi connectivity index (χ0v) is 13.4. The Balaban J connectivity index is 2.10. The Morgan fingerprint density at radius 3 is 2.70 bits per heavy atom. The monoisotopic (exact) mass is 350 g/mol. The van der Waals surface area contributed by atoms with Crippen molar-refractivity contribution in [3.05, 3.63) is 62.8 Å². The molecule has 1 aromatic heterocycles. The minimum Gasteiger partial charge on any atom is -0.317 e. The summed E-state index contributed by atoms with van der Waals surface area (Å²) in [7, 11) is 0. The second-order valence-corrected chi connectivity index (χ2v) is 5.32. The van der Waals surface area contributed by atoms with Crippen molar-refractivity contribution < 1.29 is 9.72 Å². The smallest absolute Gasteiger partial charge is 0.273 e. The molecule has 7 nitrogen and oxygen atoms in total. The molecule has 1 amide bonds. The highest BCUT2D eigenvalue weighted by Gasteiger charge is 2.18. The van der Waals surface area contributed by atoms with Crippen LogP contribution >= 0.6 is 23.8 Å². The largest absolute Gasteiger partial charge is 0.317 e. The van der Waals surface area contributed by atoms with E-state index in [9.17, 15) is 14.9 Å². The maximum Gasteiger partial charge on any atom is 0.273 e. The van der Waals surface area contributed by atoms with Gasteiger partial charge in [-0.2, -0.15) is 0 Å². The zero-order valence-electron chi connectivity index (χ0n) is 11.9. The fraction of sp³-hybridized carbons (Fsp3) is 0.0714. The van der Waals surface area contributed by atoms with Crippen LogP contribution in [0.3, 0.4) is 0 Å². The number of rotatable bonds is 3. The predicted molar refractivity (Wildman–Crippen MR) is 90.8 cm³/mol. The van der Waals surface area contributed by atoms with Crippen molar-refractivity contribution in [3.8, 4) is 0 Å². The Morgan fingerprint density at radius 2 is 2.09 bits per heavy atom. The summed E-state index contributed by atoms with van der Waals surface area (Å²) in [5.74, 6) is -0.131. The predicted octanol–water partition coefficient (Wildman–Crippen LogP) is 3.08. The van der Waals surface area contributed by atoms with Crippen molar-refractivity contribution in [1.82, 2.24) is 10.3 Å². The molecule has 0 saturated heterocycles. The molecule has 2 aromatic rings. The van der Waals surface area contributed by atoms with E-state index in [0.29, 0.717) is 10.8 Å². The number of nitrogens with one attached hydrogen (secondary N) is 2. The first-order chi connectivity index (χ1) is 10.9. The number of hydrogen-bond donors (Lipinski definition) is 2. The normalized spacial score (nSPS) is 10.0. The summed E-state index contributed by atoms with van der Waals surface area (Å²) < 4.78 is 0. The lowest BCUT2D eigenvalue weighted by molar-refractivity contribution is -0.385. The number of nitro groups is 1. The minimum atomic E-state index is -0.544. The van der Waals surface area contributed by atoms with E-state index in [4.69, 9.17) is 23.8 Å². The van der Waals surface area contributed by atoms with Gasteiger partial charge in [-0.25, -0.2) is 4.98 Å². The maximum atomic E-state index is 12.2. The summed E-state index contributed by atoms with van der Waals surface area (Å²) in [4.78, 5) is 26.5. The third-order valence-corrected chi connectivity index (χ3v) is 3.37. The van der Waals surface area contributed by atoms with Crippen molar-refractivity contribution >= 4 is 46.3 Å². The molecular formula is C14H11ClN4O3S. The van der Waals surface area contributed by atoms with E-state index in [1.54, 1.807) is 12.1 Å². The molecule has 0 aliphatic heterocycles. The molecule has 2 rings (SSSR count). The van der Waals surface area contributed by atoms with Crippen molar-refractivity contribution in [2.75, 3.05) is 5.32 Å². The van der Waals surface area contributed by atoms with Gasteiger partial charge in [-0.1, -0.05) is 17.7 Å². The number of carbonyl (C=O) groups excluding carboxylic acids is 1. The molecule has 1 heterocycles. The van der Waals surface area contributed by atoms with Crippen molar-refractivity contribution in [2.45, 2.75) is 6.92 Å². The van der Waals surface area contributed by atoms with E-state index in [1.807, 2.05) is 0 Å². The number of nitrogens with zero attached hydrogens (tertiary/aromatic N) is 2. The molecule has 118 valence electrons. The van der Waals surface area contributed by atoms with Crippen LogP contribution in [0.2, 0.25) is 5.02 Å². The van der Waals surface area contributed by atoms with Crippen LogP contribution in [0.5, 0.6) is 0 Å². The molecule has 9 heteroatoms. The van der Waals surface area contributed by atoms with E-state index in [0.717, 1.165) is 0 Å². The highest BCUT2D eigenvalue weighted by molar-refractivity contribution is 7.80. The zero-order chi connectivity index (χ0) is 17.0. The molecule has 0 aliphatic carbocycles. The number of anilines is 1. The van der Waals surface area contributed by atoms with Gasteiger partial charge in [-0.15, -0.1) is 0 Å². The van der Waals surface area contributed by atoms with Crippen LogP contribution in [0.25, 0.3) is 0 Å². The SMILES string of the molecule is Cc1c(C(=O)NC(=S)Nc2ccc(Cl)cn2)cccc1[N+](=O)[O-]. The second-order valence-electron chi connectivity index (χ2n) is 4.48. The third-order valence-electron chi connectivity index (χ3n) is 2.94. The van der Waals surface area contributed by atoms with Crippen molar-refractivity contribution in [3.63, 3.8) is 0 Å². The van der Waals surface area contributed by atoms with E-state index >= 15 is 0 Å². The summed E-state index contributed by atoms with van der Waals surface area (Å²) in [6.45, 7) is 1.50. The molecule has 23 heavy (non-hydrogen) atoms. The Hall–Kier alpha value is -2.58. The molecule has 0 fully saturated rings. The van der Waals surface area contributed by atoms with Crippen molar-refractivity contribution in [1.29, 1.82) is 0 Å². The van der Waals surface area contributed by atoms with Gasteiger partial charge in [0.25, 0.3) is 11.6 Å². The number of pyridine rings is 1. The van der Waals surface area contributed by atoms with E-state index in [-0.39, 0.29) is 21.9 Å². The Bertz CT molecular complexity index is 780. The second kappa shape index (κ2) is 7.12. The number of benzene rings is 1. The number of halogens is 1. The van der Waals surface area contributed by atoms with Crippen LogP contribution in [0.4, 0.5) is 11.5 Å². The first-order valence-corrected chi connectivity index (χ1v) is 7.15. The van der Waals surface area contributed by atoms with Gasteiger partial charge in [-0.3, -0.25) is 20.2 Å². The molecule has 2 N–H and O–H groups in total. The fourth-order valence-corrected chi connectivity index (χ4v) is 2.14. The van der Waals surface area contributed by atoms with Crippen LogP contribution in [0, 0.1) is 17.0 Å². The summed E-state index contributed by atoms with van der Waals surface area (Å²) in [6.07, 6.45) is 1.43. The van der Waals surface area contributed by atoms with E-state index < -0.39 is 10.8 Å². The Labute approximate surface area is 141 Å². The molecule has 0 unspecified atom stereocenters. The molecule has 0 radical (unpaired) electrons. The van der Waals surface area contributed by atoms with Crippen LogP contribution in [0.1, 0.15) is 15.9 Å². The summed E-state index contributed by atoms with van der Waals surface area (Å²) in [6, 6.07) is 7.48. The van der Waals surface area contributed by atoms with Gasteiger partial charge in [0.1, 0.15) is 5.82 Å². The standard InChI is InChI=1S/C14H11ClN4O3S/c1-8-10(3-2-4-11(8)19(21)22)13(20)18-14(23)17-12-6-5-9(15)7-16-12/h2-7H,1H3,(H2,16,17,18,20,23). The summed E-state index contributed by atoms with van der Waals surface area (Å²) in [5.41, 5.74) is 0.311. The number of amides is 1. The van der Waals surface area contributed by atoms with Gasteiger partial charge in [0.05, 0.1) is 9.95 Å². The maximum absolute atomic E-state index is 12.2. The van der Waals surface area contributed by atoms with Crippen molar-refractivity contribution in [2.24, 2.45) is 0 Å². The average Bonchev–Trinajstić information content (AvgIpc) is 2.49. The lowest BCUT2D eigenvalue weighted by atomic mass is 10.1. The van der Waals surface area contributed by atoms with Gasteiger partial charge in [-0.05, 0) is 37.3 Å². The number of thiocarbonyl (C=S) groups is 1. The lowest BCUT2D eigenvalue weighted by Crippen LogP contribution is -2.34. The van der Waals surface area contributed by atoms with E-state index in [1.165, 1.54) is 31.3 Å². The van der Waals surface area contributed by atoms with Gasteiger partial charge in [0.2, 0.25) is 0 Å². The van der Waals surface area contributed by atoms with Crippen LogP contribution < -0.4 is 10.6 Å². The lowest BCUT2D eigenvalue weighted by Gasteiger charge is -2.10. The topological polar surface area (TPSA) is 97.2 Å². The number of aromatic nitrogens is 1. The molecular weight excluding hydrogens is 340 g/mol. The minimum absolute atomic E-state index is 0.0238. The Morgan fingerprint density at radius 1 is 1.35 bits per heavy atom. The highest BCUT2D eigenvalue weighted by atomic mass is 35.5. The van der Waals surface area contributed by atoms with E-state index in [2.05, 4.69) is 15.6 Å². The first kappa shape index (κ1) is 16.8. The average molecular weight is 351 g/mol. The molecule has 0 spiro atoms. The fourth-order valence-electron chi connectivity index (χ4n) is 1.84. The molecule has 1 aromatic carbocycles. The van der Waals surface area contributed by atoms with Crippen LogP contribution in [-0.4, -0.2) is 20.9 Å². The Kier molecular flexibility index (Phi) is 5.20. The molecule has 0 atom stereocenters. The van der Waals surface area contributed by atoms with Crippen LogP contribution in [0.15, 0.2) is 36.5 Å². The summed E-state index contributed by atoms with van der Waals surface area (Å²) in [5, 5.41) is 16.6. The number of carbonyl (C=O) groups is 1. The van der Waals surface area contributed by atoms with Gasteiger partial charge >= 0.3 is 0 Å². The van der Waals surface area contributed by atoms with Gasteiger partial charge < -0.3 is 5.32 Å². The third kappa shape index (κ3) is 4.21. The van der Waals surface area contributed by atoms with Gasteiger partial charge in [0, 0.05) is 23.4 Å².